The molecule has 0 aliphatic carbocycles. The molecule has 2 aliphatic rings. The molecule has 60 heavy (non-hydrogen) atoms. The molecule has 4 amide bonds. The highest BCUT2D eigenvalue weighted by Crippen LogP contribution is 2.40. The monoisotopic (exact) mass is 812 g/mol. The van der Waals surface area contributed by atoms with Gasteiger partial charge in [0.2, 0.25) is 11.8 Å². The molecular formula is C46H52N8O6. The fraction of sp³-hybridized carbons (Fsp3) is 0.391. The number of hydrogen-bond donors (Lipinski definition) is 4. The average Bonchev–Trinajstić information content (AvgIpc) is 4.10. The summed E-state index contributed by atoms with van der Waals surface area (Å²) >= 11 is 0. The lowest BCUT2D eigenvalue weighted by atomic mass is 9.91. The van der Waals surface area contributed by atoms with Gasteiger partial charge < -0.3 is 39.9 Å². The van der Waals surface area contributed by atoms with Crippen LogP contribution in [-0.2, 0) is 19.1 Å². The minimum Gasteiger partial charge on any atom is -0.453 e. The average molecular weight is 813 g/mol. The predicted molar refractivity (Wildman–Crippen MR) is 230 cm³/mol. The molecule has 2 saturated heterocycles. The largest absolute Gasteiger partial charge is 0.453 e. The molecule has 4 heterocycles. The summed E-state index contributed by atoms with van der Waals surface area (Å²) in [5.41, 5.74) is 3.68. The number of nitrogens with zero attached hydrogens (tertiary/aromatic N) is 4. The molecule has 0 radical (unpaired) electrons. The molecule has 0 spiro atoms. The smallest absolute Gasteiger partial charge is 0.407 e. The van der Waals surface area contributed by atoms with Crippen molar-refractivity contribution in [1.29, 1.82) is 0 Å². The Balaban J connectivity index is 1.08. The number of methoxy groups -OCH3 is 2. The van der Waals surface area contributed by atoms with Crippen molar-refractivity contribution in [2.45, 2.75) is 77.5 Å². The second-order valence-electron chi connectivity index (χ2n) is 16.5. The Kier molecular flexibility index (Phi) is 11.2. The van der Waals surface area contributed by atoms with Crippen LogP contribution in [0.2, 0.25) is 0 Å². The van der Waals surface area contributed by atoms with Gasteiger partial charge in [-0.15, -0.1) is 0 Å². The summed E-state index contributed by atoms with van der Waals surface area (Å²) in [6, 6.07) is 19.5. The van der Waals surface area contributed by atoms with E-state index >= 15 is 0 Å². The van der Waals surface area contributed by atoms with E-state index < -0.39 is 24.3 Å². The number of fused-ring (bicyclic) bond motifs is 6. The number of nitrogens with one attached hydrogen (secondary N) is 4. The Morgan fingerprint density at radius 3 is 1.40 bits per heavy atom. The van der Waals surface area contributed by atoms with E-state index in [1.165, 1.54) is 14.2 Å². The quantitative estimate of drug-likeness (QED) is 0.101. The third-order valence-corrected chi connectivity index (χ3v) is 12.1. The molecule has 0 saturated carbocycles. The number of aromatic nitrogens is 4. The predicted octanol–water partition coefficient (Wildman–Crippen LogP) is 8.01. The highest BCUT2D eigenvalue weighted by atomic mass is 16.5. The molecule has 312 valence electrons. The first-order chi connectivity index (χ1) is 29.0. The van der Waals surface area contributed by atoms with Crippen molar-refractivity contribution in [3.8, 4) is 22.5 Å². The molecule has 2 fully saturated rings. The number of rotatable bonds is 10. The topological polar surface area (TPSA) is 175 Å². The minimum atomic E-state index is -0.703. The number of imidazole rings is 2. The van der Waals surface area contributed by atoms with Crippen LogP contribution < -0.4 is 10.6 Å². The maximum atomic E-state index is 13.7. The van der Waals surface area contributed by atoms with Crippen LogP contribution in [0.3, 0.4) is 0 Å². The summed E-state index contributed by atoms with van der Waals surface area (Å²) in [5.74, 6) is 0.916. The Morgan fingerprint density at radius 1 is 0.617 bits per heavy atom. The van der Waals surface area contributed by atoms with E-state index in [0.29, 0.717) is 13.1 Å². The number of H-pyrrole nitrogens is 2. The van der Waals surface area contributed by atoms with Crippen molar-refractivity contribution in [2.75, 3.05) is 27.3 Å². The molecule has 4 aromatic carbocycles. The van der Waals surface area contributed by atoms with Crippen LogP contribution in [0.15, 0.2) is 73.1 Å². The van der Waals surface area contributed by atoms with Gasteiger partial charge in [-0.05, 0) is 82.0 Å². The van der Waals surface area contributed by atoms with E-state index in [9.17, 15) is 19.2 Å². The SMILES string of the molecule is COC(=O)NC(C(=O)N1CCC[C@H]1c1ncc(-c2ccc3c4ccc(-c5cnc([C@@H]6CCCN6C(=O)[C@@H](NC(=O)OC)C(C)C)[nH]5)cc4c4ccccc4c3c2)[nH]1)C(C)C. The second kappa shape index (κ2) is 16.7. The van der Waals surface area contributed by atoms with E-state index in [1.807, 2.05) is 49.9 Å². The fourth-order valence-electron chi connectivity index (χ4n) is 8.98. The number of ether oxygens (including phenoxy) is 2. The van der Waals surface area contributed by atoms with Crippen molar-refractivity contribution >= 4 is 56.3 Å². The molecule has 2 aromatic heterocycles. The zero-order valence-electron chi connectivity index (χ0n) is 34.9. The number of hydrogen-bond acceptors (Lipinski definition) is 8. The summed E-state index contributed by atoms with van der Waals surface area (Å²) in [7, 11) is 2.59. The van der Waals surface area contributed by atoms with Gasteiger partial charge in [-0.3, -0.25) is 9.59 Å². The Labute approximate surface area is 348 Å². The lowest BCUT2D eigenvalue weighted by molar-refractivity contribution is -0.136. The second-order valence-corrected chi connectivity index (χ2v) is 16.5. The first kappa shape index (κ1) is 40.3. The summed E-state index contributed by atoms with van der Waals surface area (Å²) in [5, 5.41) is 12.1. The van der Waals surface area contributed by atoms with Gasteiger partial charge in [0, 0.05) is 24.2 Å². The van der Waals surface area contributed by atoms with Gasteiger partial charge in [-0.1, -0.05) is 76.2 Å². The number of carbonyl (C=O) groups is 4. The molecule has 6 aromatic rings. The zero-order valence-corrected chi connectivity index (χ0v) is 34.9. The maximum Gasteiger partial charge on any atom is 0.407 e. The summed E-state index contributed by atoms with van der Waals surface area (Å²) < 4.78 is 9.59. The van der Waals surface area contributed by atoms with E-state index in [4.69, 9.17) is 19.4 Å². The van der Waals surface area contributed by atoms with Crippen LogP contribution in [0.4, 0.5) is 9.59 Å². The third kappa shape index (κ3) is 7.50. The minimum absolute atomic E-state index is 0.118. The molecular weight excluding hydrogens is 761 g/mol. The van der Waals surface area contributed by atoms with E-state index in [-0.39, 0.29) is 35.7 Å². The molecule has 14 nitrogen and oxygen atoms in total. The van der Waals surface area contributed by atoms with Gasteiger partial charge in [-0.2, -0.15) is 0 Å². The zero-order chi connectivity index (χ0) is 42.2. The first-order valence-corrected chi connectivity index (χ1v) is 20.8. The van der Waals surface area contributed by atoms with Crippen molar-refractivity contribution < 1.29 is 28.7 Å². The van der Waals surface area contributed by atoms with Gasteiger partial charge in [0.15, 0.2) is 0 Å². The number of likely N-dealkylation sites (tertiary alicyclic amines) is 2. The number of alkyl carbamates (subject to hydrolysis) is 2. The molecule has 4 atom stereocenters. The van der Waals surface area contributed by atoms with Crippen molar-refractivity contribution in [3.63, 3.8) is 0 Å². The van der Waals surface area contributed by atoms with Crippen molar-refractivity contribution in [1.82, 2.24) is 40.4 Å². The van der Waals surface area contributed by atoms with E-state index in [2.05, 4.69) is 81.3 Å². The van der Waals surface area contributed by atoms with Crippen molar-refractivity contribution in [3.05, 3.63) is 84.7 Å². The lowest BCUT2D eigenvalue weighted by Gasteiger charge is -2.30. The van der Waals surface area contributed by atoms with Crippen LogP contribution in [0.1, 0.15) is 77.1 Å². The Bertz CT molecular complexity index is 2400. The van der Waals surface area contributed by atoms with Gasteiger partial charge in [0.05, 0.1) is 50.1 Å². The Morgan fingerprint density at radius 2 is 1.02 bits per heavy atom. The van der Waals surface area contributed by atoms with E-state index in [1.54, 1.807) is 0 Å². The summed E-state index contributed by atoms with van der Waals surface area (Å²) in [6.07, 6.45) is 5.63. The maximum absolute atomic E-state index is 13.7. The molecule has 4 N–H and O–H groups in total. The van der Waals surface area contributed by atoms with Crippen LogP contribution in [-0.4, -0.2) is 93.1 Å². The molecule has 2 aliphatic heterocycles. The van der Waals surface area contributed by atoms with Crippen LogP contribution in [0.25, 0.3) is 54.8 Å². The van der Waals surface area contributed by atoms with Gasteiger partial charge in [0.25, 0.3) is 0 Å². The summed E-state index contributed by atoms with van der Waals surface area (Å²) in [4.78, 5) is 71.8. The fourth-order valence-corrected chi connectivity index (χ4v) is 8.98. The molecule has 1 unspecified atom stereocenters. The summed E-state index contributed by atoms with van der Waals surface area (Å²) in [6.45, 7) is 8.79. The van der Waals surface area contributed by atoms with Crippen LogP contribution >= 0.6 is 0 Å². The molecule has 0 bridgehead atoms. The first-order valence-electron chi connectivity index (χ1n) is 20.8. The van der Waals surface area contributed by atoms with Crippen LogP contribution in [0.5, 0.6) is 0 Å². The Hall–Kier alpha value is -6.44. The van der Waals surface area contributed by atoms with Gasteiger partial charge in [0.1, 0.15) is 23.7 Å². The van der Waals surface area contributed by atoms with Gasteiger partial charge >= 0.3 is 12.2 Å². The van der Waals surface area contributed by atoms with Crippen LogP contribution in [0, 0.1) is 11.8 Å². The molecule has 8 rings (SSSR count). The van der Waals surface area contributed by atoms with E-state index in [0.717, 1.165) is 92.2 Å². The normalized spacial score (nSPS) is 17.8. The highest BCUT2D eigenvalue weighted by molar-refractivity contribution is 6.26. The number of benzene rings is 4. The van der Waals surface area contributed by atoms with Crippen molar-refractivity contribution in [2.24, 2.45) is 11.8 Å². The lowest BCUT2D eigenvalue weighted by Crippen LogP contribution is -2.51. The van der Waals surface area contributed by atoms with Gasteiger partial charge in [-0.25, -0.2) is 19.6 Å². The third-order valence-electron chi connectivity index (χ3n) is 12.1. The number of carbonyl (C=O) groups excluding carboxylic acids is 4. The number of amides is 4. The highest BCUT2D eigenvalue weighted by Gasteiger charge is 2.39. The molecule has 14 heteroatoms. The standard InChI is InChI=1S/C46H52N8O6/c1-25(2)39(51-45(57)59-5)43(55)53-19-9-13-37(53)41-47-23-35(49-41)27-15-17-31-32-18-16-28(22-34(32)30-12-8-7-11-29(30)33(31)21-27)36-24-48-42(50-36)38-14-10-20-54(38)44(56)40(26(3)4)52-46(58)60-6/h7-8,11-12,15-18,21-26,37-40H,9-10,13-14,19-20H2,1-6H3,(H,47,49)(H,48,50)(H,51,57)(H,52,58)/t37-,38-,39-,40?/m0/s1. The number of aromatic amines is 2.